The highest BCUT2D eigenvalue weighted by molar-refractivity contribution is 6.05. The molecule has 22 heavy (non-hydrogen) atoms. The number of hydrogen-bond donors (Lipinski definition) is 2. The van der Waals surface area contributed by atoms with E-state index in [2.05, 4.69) is 20.5 Å². The van der Waals surface area contributed by atoms with Gasteiger partial charge in [-0.05, 0) is 17.2 Å². The van der Waals surface area contributed by atoms with Gasteiger partial charge in [0.2, 0.25) is 11.8 Å². The molecule has 2 N–H and O–H groups in total. The van der Waals surface area contributed by atoms with Gasteiger partial charge in [-0.25, -0.2) is 4.98 Å². The number of ether oxygens (including phenoxy) is 1. The van der Waals surface area contributed by atoms with Crippen LogP contribution in [0.1, 0.15) is 23.5 Å². The summed E-state index contributed by atoms with van der Waals surface area (Å²) >= 11 is 0. The maximum absolute atomic E-state index is 12.1. The van der Waals surface area contributed by atoms with Crippen LogP contribution in [-0.2, 0) is 4.79 Å². The number of H-pyrrole nitrogens is 1. The number of carbonyl (C=O) groups excluding carboxylic acids is 1. The molecule has 0 saturated carbocycles. The fraction of sp³-hybridized carbons (Fsp3) is 0.188. The van der Waals surface area contributed by atoms with E-state index in [1.165, 1.54) is 0 Å². The van der Waals surface area contributed by atoms with E-state index in [4.69, 9.17) is 4.74 Å². The van der Waals surface area contributed by atoms with Crippen molar-refractivity contribution in [3.05, 3.63) is 47.8 Å². The molecule has 0 unspecified atom stereocenters. The van der Waals surface area contributed by atoms with Gasteiger partial charge in [0, 0.05) is 30.0 Å². The number of aromatic amines is 1. The predicted molar refractivity (Wildman–Crippen MR) is 82.0 cm³/mol. The second kappa shape index (κ2) is 4.84. The van der Waals surface area contributed by atoms with Crippen LogP contribution in [0.3, 0.4) is 0 Å². The minimum absolute atomic E-state index is 0.00187. The summed E-state index contributed by atoms with van der Waals surface area (Å²) in [6, 6.07) is 7.79. The summed E-state index contributed by atoms with van der Waals surface area (Å²) in [5.74, 6) is 0.554. The molecule has 6 nitrogen and oxygen atoms in total. The lowest BCUT2D eigenvalue weighted by molar-refractivity contribution is -0.116. The quantitative estimate of drug-likeness (QED) is 0.760. The van der Waals surface area contributed by atoms with Gasteiger partial charge in [-0.3, -0.25) is 9.89 Å². The first-order valence-electron chi connectivity index (χ1n) is 7.02. The number of hydrogen-bond acceptors (Lipinski definition) is 4. The van der Waals surface area contributed by atoms with Crippen LogP contribution in [0.25, 0.3) is 10.9 Å². The van der Waals surface area contributed by atoms with Gasteiger partial charge in [0.05, 0.1) is 24.5 Å². The molecule has 3 aromatic rings. The van der Waals surface area contributed by atoms with Crippen LogP contribution >= 0.6 is 0 Å². The second-order valence-electron chi connectivity index (χ2n) is 5.30. The summed E-state index contributed by atoms with van der Waals surface area (Å²) < 4.78 is 5.09. The van der Waals surface area contributed by atoms with Gasteiger partial charge >= 0.3 is 0 Å². The Kier molecular flexibility index (Phi) is 2.82. The molecule has 0 radical (unpaired) electrons. The van der Waals surface area contributed by atoms with E-state index in [0.29, 0.717) is 12.3 Å². The Morgan fingerprint density at radius 2 is 2.14 bits per heavy atom. The van der Waals surface area contributed by atoms with Gasteiger partial charge < -0.3 is 10.1 Å². The Morgan fingerprint density at radius 1 is 1.23 bits per heavy atom. The van der Waals surface area contributed by atoms with E-state index in [1.807, 2.05) is 24.3 Å². The smallest absolute Gasteiger partial charge is 0.225 e. The number of nitrogens with zero attached hydrogens (tertiary/aromatic N) is 2. The third kappa shape index (κ3) is 1.92. The zero-order chi connectivity index (χ0) is 15.1. The molecular weight excluding hydrogens is 280 g/mol. The molecule has 1 aromatic carbocycles. The molecule has 1 aliphatic heterocycles. The largest absolute Gasteiger partial charge is 0.481 e. The van der Waals surface area contributed by atoms with Crippen molar-refractivity contribution in [1.82, 2.24) is 15.2 Å². The van der Waals surface area contributed by atoms with Gasteiger partial charge in [0.1, 0.15) is 0 Å². The molecule has 110 valence electrons. The van der Waals surface area contributed by atoms with Gasteiger partial charge in [-0.2, -0.15) is 5.10 Å². The number of aromatic nitrogens is 3. The summed E-state index contributed by atoms with van der Waals surface area (Å²) in [6.07, 6.45) is 3.92. The number of pyridine rings is 1. The zero-order valence-corrected chi connectivity index (χ0v) is 12.0. The van der Waals surface area contributed by atoms with Crippen LogP contribution in [0.4, 0.5) is 5.69 Å². The molecule has 0 fully saturated rings. The summed E-state index contributed by atoms with van der Waals surface area (Å²) in [4.78, 5) is 16.4. The van der Waals surface area contributed by atoms with E-state index < -0.39 is 0 Å². The van der Waals surface area contributed by atoms with E-state index in [9.17, 15) is 4.79 Å². The van der Waals surface area contributed by atoms with Crippen molar-refractivity contribution in [1.29, 1.82) is 0 Å². The first kappa shape index (κ1) is 12.8. The third-order valence-electron chi connectivity index (χ3n) is 4.06. The van der Waals surface area contributed by atoms with Crippen molar-refractivity contribution in [2.24, 2.45) is 0 Å². The molecule has 1 aliphatic rings. The first-order valence-corrected chi connectivity index (χ1v) is 7.02. The number of rotatable bonds is 2. The second-order valence-corrected chi connectivity index (χ2v) is 5.30. The number of amides is 1. The Morgan fingerprint density at radius 3 is 2.91 bits per heavy atom. The maximum atomic E-state index is 12.1. The highest BCUT2D eigenvalue weighted by atomic mass is 16.5. The minimum atomic E-state index is -0.0125. The maximum Gasteiger partial charge on any atom is 0.225 e. The van der Waals surface area contributed by atoms with Gasteiger partial charge in [0.25, 0.3) is 0 Å². The fourth-order valence-corrected chi connectivity index (χ4v) is 2.97. The monoisotopic (exact) mass is 294 g/mol. The summed E-state index contributed by atoms with van der Waals surface area (Å²) in [5, 5.41) is 10.9. The van der Waals surface area contributed by atoms with Crippen molar-refractivity contribution in [3.63, 3.8) is 0 Å². The Labute approximate surface area is 126 Å². The molecule has 0 spiro atoms. The Hall–Kier alpha value is -2.89. The molecule has 0 bridgehead atoms. The minimum Gasteiger partial charge on any atom is -0.481 e. The Balaban J connectivity index is 1.86. The molecule has 4 rings (SSSR count). The van der Waals surface area contributed by atoms with Crippen LogP contribution in [-0.4, -0.2) is 28.2 Å². The van der Waals surface area contributed by atoms with Crippen molar-refractivity contribution in [3.8, 4) is 5.88 Å². The average molecular weight is 294 g/mol. The van der Waals surface area contributed by atoms with Crippen LogP contribution in [0.5, 0.6) is 5.88 Å². The van der Waals surface area contributed by atoms with Gasteiger partial charge in [-0.1, -0.05) is 12.1 Å². The van der Waals surface area contributed by atoms with Crippen LogP contribution in [0.2, 0.25) is 0 Å². The molecule has 6 heteroatoms. The molecule has 2 aromatic heterocycles. The van der Waals surface area contributed by atoms with Crippen molar-refractivity contribution in [2.45, 2.75) is 12.3 Å². The van der Waals surface area contributed by atoms with E-state index >= 15 is 0 Å². The topological polar surface area (TPSA) is 79.9 Å². The van der Waals surface area contributed by atoms with Gasteiger partial charge in [-0.15, -0.1) is 0 Å². The zero-order valence-electron chi connectivity index (χ0n) is 12.0. The highest BCUT2D eigenvalue weighted by Crippen LogP contribution is 2.40. The lowest BCUT2D eigenvalue weighted by atomic mass is 9.85. The molecule has 1 amide bonds. The summed E-state index contributed by atoms with van der Waals surface area (Å²) in [6.45, 7) is 0. The standard InChI is InChI=1S/C16H14N4O2/c1-22-15-5-2-9(7-17-15)11-6-14(21)19-16-10(11)3-4-13-12(16)8-18-20-13/h2-5,7-8,11H,6H2,1H3,(H,18,20)(H,19,21)/t11-/m0/s1. The molecule has 1 atom stereocenters. The van der Waals surface area contributed by atoms with Crippen LogP contribution in [0.15, 0.2) is 36.7 Å². The fourth-order valence-electron chi connectivity index (χ4n) is 2.97. The van der Waals surface area contributed by atoms with Crippen molar-refractivity contribution < 1.29 is 9.53 Å². The third-order valence-corrected chi connectivity index (χ3v) is 4.06. The summed E-state index contributed by atoms with van der Waals surface area (Å²) in [5.41, 5.74) is 3.83. The van der Waals surface area contributed by atoms with Crippen molar-refractivity contribution in [2.75, 3.05) is 12.4 Å². The van der Waals surface area contributed by atoms with E-state index in [-0.39, 0.29) is 11.8 Å². The molecule has 0 aliphatic carbocycles. The SMILES string of the molecule is COc1ccc([C@@H]2CC(=O)Nc3c2ccc2[nH]ncc32)cn1. The lowest BCUT2D eigenvalue weighted by Gasteiger charge is -2.26. The number of fused-ring (bicyclic) bond motifs is 3. The number of nitrogens with one attached hydrogen (secondary N) is 2. The lowest BCUT2D eigenvalue weighted by Crippen LogP contribution is -2.23. The average Bonchev–Trinajstić information content (AvgIpc) is 3.03. The number of benzene rings is 1. The predicted octanol–water partition coefficient (Wildman–Crippen LogP) is 2.44. The van der Waals surface area contributed by atoms with Crippen molar-refractivity contribution >= 4 is 22.5 Å². The highest BCUT2D eigenvalue weighted by Gasteiger charge is 2.28. The molecule has 3 heterocycles. The van der Waals surface area contributed by atoms with Crippen LogP contribution < -0.4 is 10.1 Å². The van der Waals surface area contributed by atoms with Gasteiger partial charge in [0.15, 0.2) is 0 Å². The Bertz CT molecular complexity index is 854. The molecular formula is C16H14N4O2. The summed E-state index contributed by atoms with van der Waals surface area (Å²) in [7, 11) is 1.58. The first-order chi connectivity index (χ1) is 10.8. The number of anilines is 1. The van der Waals surface area contributed by atoms with E-state index in [1.54, 1.807) is 19.5 Å². The van der Waals surface area contributed by atoms with Crippen LogP contribution in [0, 0.1) is 0 Å². The van der Waals surface area contributed by atoms with E-state index in [0.717, 1.165) is 27.7 Å². The normalized spacial score (nSPS) is 17.1. The molecule has 0 saturated heterocycles. The number of methoxy groups -OCH3 is 1. The number of carbonyl (C=O) groups is 1.